The fourth-order valence-corrected chi connectivity index (χ4v) is 2.98. The first-order valence-corrected chi connectivity index (χ1v) is 8.79. The van der Waals surface area contributed by atoms with Gasteiger partial charge in [0.05, 0.1) is 24.3 Å². The van der Waals surface area contributed by atoms with E-state index in [1.54, 1.807) is 36.4 Å². The van der Waals surface area contributed by atoms with Crippen molar-refractivity contribution in [1.29, 1.82) is 0 Å². The summed E-state index contributed by atoms with van der Waals surface area (Å²) in [6.07, 6.45) is 0. The molecule has 0 radical (unpaired) electrons. The van der Waals surface area contributed by atoms with Crippen LogP contribution in [0.2, 0.25) is 0 Å². The number of anilines is 1. The molecule has 0 heterocycles. The van der Waals surface area contributed by atoms with Gasteiger partial charge in [0.15, 0.2) is 0 Å². The lowest BCUT2D eigenvalue weighted by molar-refractivity contribution is 0.271. The maximum atomic E-state index is 12.4. The second kappa shape index (κ2) is 7.37. The summed E-state index contributed by atoms with van der Waals surface area (Å²) < 4.78 is 38.1. The molecule has 0 fully saturated rings. The predicted molar refractivity (Wildman–Crippen MR) is 90.6 cm³/mol. The Hall–Kier alpha value is -2.21. The van der Waals surface area contributed by atoms with Crippen LogP contribution in [0.1, 0.15) is 13.8 Å². The number of sulfonamides is 1. The molecule has 1 N–H and O–H groups in total. The van der Waals surface area contributed by atoms with Crippen molar-refractivity contribution in [2.45, 2.75) is 18.7 Å². The first-order chi connectivity index (χ1) is 10.9. The lowest BCUT2D eigenvalue weighted by atomic mass is 10.2. The number of benzene rings is 2. The predicted octanol–water partition coefficient (Wildman–Crippen LogP) is 3.53. The normalized spacial score (nSPS) is 11.3. The summed E-state index contributed by atoms with van der Waals surface area (Å²) in [5.41, 5.74) is 0.398. The summed E-state index contributed by atoms with van der Waals surface area (Å²) >= 11 is 0. The Balaban J connectivity index is 2.16. The van der Waals surface area contributed by atoms with Gasteiger partial charge in [-0.15, -0.1) is 0 Å². The van der Waals surface area contributed by atoms with E-state index in [1.807, 2.05) is 0 Å². The van der Waals surface area contributed by atoms with E-state index in [4.69, 9.17) is 9.47 Å². The highest BCUT2D eigenvalue weighted by Gasteiger charge is 2.16. The zero-order chi connectivity index (χ0) is 16.9. The number of methoxy groups -OCH3 is 1. The fraction of sp³-hybridized carbons (Fsp3) is 0.294. The zero-order valence-electron chi connectivity index (χ0n) is 13.4. The summed E-state index contributed by atoms with van der Waals surface area (Å²) in [5.74, 6) is 1.52. The number of para-hydroxylation sites is 2. The molecular formula is C17H21NO4S. The molecule has 0 amide bonds. The average molecular weight is 335 g/mol. The van der Waals surface area contributed by atoms with Gasteiger partial charge in [-0.1, -0.05) is 26.0 Å². The minimum absolute atomic E-state index is 0.167. The molecule has 0 atom stereocenters. The van der Waals surface area contributed by atoms with E-state index in [9.17, 15) is 8.42 Å². The summed E-state index contributed by atoms with van der Waals surface area (Å²) in [6, 6.07) is 13.2. The molecule has 124 valence electrons. The number of nitrogens with one attached hydrogen (secondary N) is 1. The van der Waals surface area contributed by atoms with Crippen LogP contribution >= 0.6 is 0 Å². The monoisotopic (exact) mass is 335 g/mol. The zero-order valence-corrected chi connectivity index (χ0v) is 14.3. The Morgan fingerprint density at radius 2 is 1.70 bits per heavy atom. The van der Waals surface area contributed by atoms with E-state index >= 15 is 0 Å². The number of ether oxygens (including phenoxy) is 2. The molecule has 0 aliphatic rings. The van der Waals surface area contributed by atoms with Crippen molar-refractivity contribution in [3.05, 3.63) is 48.5 Å². The Kier molecular flexibility index (Phi) is 5.50. The van der Waals surface area contributed by atoms with Gasteiger partial charge in [-0.3, -0.25) is 4.72 Å². The van der Waals surface area contributed by atoms with Crippen molar-refractivity contribution in [3.63, 3.8) is 0 Å². The molecule has 0 saturated heterocycles. The van der Waals surface area contributed by atoms with E-state index in [2.05, 4.69) is 18.6 Å². The number of hydrogen-bond acceptors (Lipinski definition) is 4. The van der Waals surface area contributed by atoms with Crippen molar-refractivity contribution in [3.8, 4) is 11.5 Å². The van der Waals surface area contributed by atoms with Gasteiger partial charge in [0.2, 0.25) is 0 Å². The van der Waals surface area contributed by atoms with Gasteiger partial charge in [0.1, 0.15) is 11.5 Å². The Labute approximate surface area is 137 Å². The molecule has 2 aromatic rings. The first-order valence-electron chi connectivity index (χ1n) is 7.31. The van der Waals surface area contributed by atoms with Crippen LogP contribution in [0.25, 0.3) is 0 Å². The van der Waals surface area contributed by atoms with E-state index in [0.717, 1.165) is 0 Å². The van der Waals surface area contributed by atoms with Crippen molar-refractivity contribution >= 4 is 15.7 Å². The molecule has 0 aromatic heterocycles. The number of rotatable bonds is 7. The van der Waals surface area contributed by atoms with Crippen LogP contribution in [0.4, 0.5) is 5.69 Å². The molecule has 0 aliphatic heterocycles. The molecule has 2 rings (SSSR count). The highest BCUT2D eigenvalue weighted by Crippen LogP contribution is 2.26. The highest BCUT2D eigenvalue weighted by molar-refractivity contribution is 7.92. The van der Waals surface area contributed by atoms with Crippen LogP contribution in [-0.4, -0.2) is 22.1 Å². The van der Waals surface area contributed by atoms with Crippen LogP contribution in [0, 0.1) is 5.92 Å². The fourth-order valence-electron chi connectivity index (χ4n) is 1.91. The smallest absolute Gasteiger partial charge is 0.262 e. The van der Waals surface area contributed by atoms with Gasteiger partial charge in [0, 0.05) is 0 Å². The van der Waals surface area contributed by atoms with Crippen molar-refractivity contribution in [2.75, 3.05) is 18.4 Å². The van der Waals surface area contributed by atoms with Gasteiger partial charge < -0.3 is 9.47 Å². The second-order valence-electron chi connectivity index (χ2n) is 5.48. The van der Waals surface area contributed by atoms with E-state index in [1.165, 1.54) is 19.2 Å². The van der Waals surface area contributed by atoms with Gasteiger partial charge >= 0.3 is 0 Å². The Morgan fingerprint density at radius 3 is 2.30 bits per heavy atom. The number of hydrogen-bond donors (Lipinski definition) is 1. The lowest BCUT2D eigenvalue weighted by Gasteiger charge is -2.12. The minimum Gasteiger partial charge on any atom is -0.495 e. The average Bonchev–Trinajstić information content (AvgIpc) is 2.53. The summed E-state index contributed by atoms with van der Waals surface area (Å²) in [7, 11) is -2.19. The Morgan fingerprint density at radius 1 is 1.04 bits per heavy atom. The summed E-state index contributed by atoms with van der Waals surface area (Å²) in [4.78, 5) is 0.167. The van der Waals surface area contributed by atoms with Crippen LogP contribution < -0.4 is 14.2 Å². The van der Waals surface area contributed by atoms with E-state index in [-0.39, 0.29) is 4.90 Å². The molecule has 5 nitrogen and oxygen atoms in total. The second-order valence-corrected chi connectivity index (χ2v) is 7.16. The molecule has 0 spiro atoms. The Bertz CT molecular complexity index is 739. The van der Waals surface area contributed by atoms with Gasteiger partial charge in [-0.2, -0.15) is 0 Å². The van der Waals surface area contributed by atoms with Crippen LogP contribution in [0.15, 0.2) is 53.4 Å². The first kappa shape index (κ1) is 17.1. The third-order valence-corrected chi connectivity index (χ3v) is 4.45. The maximum Gasteiger partial charge on any atom is 0.262 e. The van der Waals surface area contributed by atoms with Crippen molar-refractivity contribution < 1.29 is 17.9 Å². The molecule has 0 unspecified atom stereocenters. The largest absolute Gasteiger partial charge is 0.495 e. The molecule has 0 saturated carbocycles. The van der Waals surface area contributed by atoms with Gasteiger partial charge in [0.25, 0.3) is 10.0 Å². The molecule has 0 bridgehead atoms. The third-order valence-electron chi connectivity index (χ3n) is 3.07. The van der Waals surface area contributed by atoms with Crippen molar-refractivity contribution in [1.82, 2.24) is 0 Å². The highest BCUT2D eigenvalue weighted by atomic mass is 32.2. The molecule has 2 aromatic carbocycles. The molecule has 23 heavy (non-hydrogen) atoms. The summed E-state index contributed by atoms with van der Waals surface area (Å²) in [5, 5.41) is 0. The van der Waals surface area contributed by atoms with Gasteiger partial charge in [-0.25, -0.2) is 8.42 Å². The van der Waals surface area contributed by atoms with Crippen LogP contribution in [0.5, 0.6) is 11.5 Å². The SMILES string of the molecule is COc1ccccc1NS(=O)(=O)c1ccc(OCC(C)C)cc1. The van der Waals surface area contributed by atoms with Crippen LogP contribution in [0.3, 0.4) is 0 Å². The minimum atomic E-state index is -3.68. The molecular weight excluding hydrogens is 314 g/mol. The third kappa shape index (κ3) is 4.63. The standard InChI is InChI=1S/C17H21NO4S/c1-13(2)12-22-14-8-10-15(11-9-14)23(19,20)18-16-6-4-5-7-17(16)21-3/h4-11,13,18H,12H2,1-3H3. The summed E-state index contributed by atoms with van der Waals surface area (Å²) in [6.45, 7) is 4.69. The maximum absolute atomic E-state index is 12.4. The van der Waals surface area contributed by atoms with E-state index < -0.39 is 10.0 Å². The van der Waals surface area contributed by atoms with Crippen LogP contribution in [-0.2, 0) is 10.0 Å². The van der Waals surface area contributed by atoms with Crippen molar-refractivity contribution in [2.24, 2.45) is 5.92 Å². The topological polar surface area (TPSA) is 64.6 Å². The lowest BCUT2D eigenvalue weighted by Crippen LogP contribution is -2.13. The molecule has 6 heteroatoms. The molecule has 0 aliphatic carbocycles. The van der Waals surface area contributed by atoms with Gasteiger partial charge in [-0.05, 0) is 42.3 Å². The van der Waals surface area contributed by atoms with E-state index in [0.29, 0.717) is 29.7 Å². The quantitative estimate of drug-likeness (QED) is 0.841.